The van der Waals surface area contributed by atoms with Crippen molar-refractivity contribution in [2.45, 2.75) is 6.04 Å². The van der Waals surface area contributed by atoms with E-state index in [0.717, 1.165) is 31.9 Å². The van der Waals surface area contributed by atoms with Crippen molar-refractivity contribution in [2.75, 3.05) is 39.4 Å². The summed E-state index contributed by atoms with van der Waals surface area (Å²) in [7, 11) is 0. The summed E-state index contributed by atoms with van der Waals surface area (Å²) in [4.78, 5) is 13.7. The molecule has 1 saturated heterocycles. The first kappa shape index (κ1) is 15.3. The largest absolute Gasteiger partial charge is 0.379 e. The van der Waals surface area contributed by atoms with Gasteiger partial charge in [0, 0.05) is 24.7 Å². The molecule has 5 nitrogen and oxygen atoms in total. The van der Waals surface area contributed by atoms with E-state index in [2.05, 4.69) is 10.2 Å². The molecule has 0 aromatic heterocycles. The van der Waals surface area contributed by atoms with Gasteiger partial charge in [-0.05, 0) is 17.7 Å². The van der Waals surface area contributed by atoms with Crippen molar-refractivity contribution in [3.8, 4) is 0 Å². The molecule has 0 aliphatic carbocycles. The van der Waals surface area contributed by atoms with Gasteiger partial charge in [-0.15, -0.1) is 0 Å². The minimum atomic E-state index is -0.141. The van der Waals surface area contributed by atoms with Crippen molar-refractivity contribution in [1.82, 2.24) is 10.2 Å². The Morgan fingerprint density at radius 1 is 1.35 bits per heavy atom. The van der Waals surface area contributed by atoms with Gasteiger partial charge in [0.1, 0.15) is 0 Å². The highest BCUT2D eigenvalue weighted by atomic mass is 35.5. The highest BCUT2D eigenvalue weighted by Crippen LogP contribution is 2.22. The molecular weight excluding hydrogens is 278 g/mol. The predicted molar refractivity (Wildman–Crippen MR) is 78.6 cm³/mol. The number of morpholine rings is 1. The molecule has 20 heavy (non-hydrogen) atoms. The molecule has 1 aromatic rings. The van der Waals surface area contributed by atoms with Crippen LogP contribution in [0.1, 0.15) is 11.6 Å². The van der Waals surface area contributed by atoms with Crippen LogP contribution in [0.3, 0.4) is 0 Å². The standard InChI is InChI=1S/C14H20ClN3O2/c15-12-3-1-11(2-4-12)13(10-17-14(19)9-16)18-5-7-20-8-6-18/h1-4,13H,5-10,16H2,(H,17,19). The van der Waals surface area contributed by atoms with E-state index in [1.165, 1.54) is 0 Å². The lowest BCUT2D eigenvalue weighted by Gasteiger charge is -2.35. The van der Waals surface area contributed by atoms with E-state index in [9.17, 15) is 4.79 Å². The maximum Gasteiger partial charge on any atom is 0.233 e. The van der Waals surface area contributed by atoms with Crippen LogP contribution in [0.25, 0.3) is 0 Å². The van der Waals surface area contributed by atoms with E-state index < -0.39 is 0 Å². The molecule has 1 aromatic carbocycles. The number of halogens is 1. The molecule has 1 aliphatic heterocycles. The summed E-state index contributed by atoms with van der Waals surface area (Å²) < 4.78 is 5.38. The average Bonchev–Trinajstić information content (AvgIpc) is 2.50. The van der Waals surface area contributed by atoms with Crippen LogP contribution in [0.15, 0.2) is 24.3 Å². The summed E-state index contributed by atoms with van der Waals surface area (Å²) in [6.07, 6.45) is 0. The SMILES string of the molecule is NCC(=O)NCC(c1ccc(Cl)cc1)N1CCOCC1. The maximum atomic E-state index is 11.4. The third-order valence-corrected chi connectivity index (χ3v) is 3.67. The summed E-state index contributed by atoms with van der Waals surface area (Å²) in [5, 5.41) is 3.57. The first-order valence-electron chi connectivity index (χ1n) is 6.74. The third kappa shape index (κ3) is 4.18. The molecule has 2 rings (SSSR count). The average molecular weight is 298 g/mol. The predicted octanol–water partition coefficient (Wildman–Crippen LogP) is 0.788. The smallest absolute Gasteiger partial charge is 0.233 e. The second-order valence-corrected chi connectivity index (χ2v) is 5.16. The van der Waals surface area contributed by atoms with Crippen LogP contribution in [0.4, 0.5) is 0 Å². The Balaban J connectivity index is 2.09. The molecule has 0 spiro atoms. The Morgan fingerprint density at radius 3 is 2.60 bits per heavy atom. The Labute approximate surface area is 124 Å². The molecule has 0 radical (unpaired) electrons. The summed E-state index contributed by atoms with van der Waals surface area (Å²) in [6, 6.07) is 7.85. The molecule has 0 bridgehead atoms. The fourth-order valence-electron chi connectivity index (χ4n) is 2.31. The quantitative estimate of drug-likeness (QED) is 0.843. The van der Waals surface area contributed by atoms with Gasteiger partial charge < -0.3 is 15.8 Å². The molecule has 1 aliphatic rings. The van der Waals surface area contributed by atoms with Crippen LogP contribution in [-0.4, -0.2) is 50.2 Å². The topological polar surface area (TPSA) is 67.6 Å². The Kier molecular flexibility index (Phi) is 5.79. The lowest BCUT2D eigenvalue weighted by Crippen LogP contribution is -2.44. The number of amides is 1. The second-order valence-electron chi connectivity index (χ2n) is 4.72. The van der Waals surface area contributed by atoms with E-state index in [1.54, 1.807) is 0 Å². The minimum absolute atomic E-state index is 0.0104. The van der Waals surface area contributed by atoms with E-state index >= 15 is 0 Å². The van der Waals surface area contributed by atoms with Crippen molar-refractivity contribution in [3.63, 3.8) is 0 Å². The van der Waals surface area contributed by atoms with Crippen molar-refractivity contribution in [1.29, 1.82) is 0 Å². The molecule has 1 heterocycles. The van der Waals surface area contributed by atoms with Crippen molar-refractivity contribution < 1.29 is 9.53 Å². The molecule has 1 fully saturated rings. The van der Waals surface area contributed by atoms with Crippen LogP contribution >= 0.6 is 11.6 Å². The first-order chi connectivity index (χ1) is 9.70. The molecule has 1 atom stereocenters. The van der Waals surface area contributed by atoms with Gasteiger partial charge in [0.25, 0.3) is 0 Å². The molecular formula is C14H20ClN3O2. The first-order valence-corrected chi connectivity index (χ1v) is 7.12. The number of benzene rings is 1. The molecule has 1 unspecified atom stereocenters. The molecule has 1 amide bonds. The number of hydrogen-bond donors (Lipinski definition) is 2. The van der Waals surface area contributed by atoms with E-state index in [-0.39, 0.29) is 18.5 Å². The van der Waals surface area contributed by atoms with E-state index in [4.69, 9.17) is 22.1 Å². The number of hydrogen-bond acceptors (Lipinski definition) is 4. The fourth-order valence-corrected chi connectivity index (χ4v) is 2.44. The van der Waals surface area contributed by atoms with Gasteiger partial charge in [-0.3, -0.25) is 9.69 Å². The molecule has 110 valence electrons. The van der Waals surface area contributed by atoms with Crippen molar-refractivity contribution >= 4 is 17.5 Å². The van der Waals surface area contributed by atoms with Crippen LogP contribution in [-0.2, 0) is 9.53 Å². The lowest BCUT2D eigenvalue weighted by atomic mass is 10.0. The third-order valence-electron chi connectivity index (χ3n) is 3.42. The molecule has 3 N–H and O–H groups in total. The maximum absolute atomic E-state index is 11.4. The van der Waals surface area contributed by atoms with E-state index in [1.807, 2.05) is 24.3 Å². The van der Waals surface area contributed by atoms with Gasteiger partial charge in [0.05, 0.1) is 25.8 Å². The van der Waals surface area contributed by atoms with Gasteiger partial charge in [0.15, 0.2) is 0 Å². The number of carbonyl (C=O) groups excluding carboxylic acids is 1. The molecule has 0 saturated carbocycles. The number of rotatable bonds is 5. The monoisotopic (exact) mass is 297 g/mol. The summed E-state index contributed by atoms with van der Waals surface area (Å²) in [6.45, 7) is 3.69. The van der Waals surface area contributed by atoms with Crippen LogP contribution < -0.4 is 11.1 Å². The zero-order valence-electron chi connectivity index (χ0n) is 11.3. The number of carbonyl (C=O) groups is 1. The minimum Gasteiger partial charge on any atom is -0.379 e. The Bertz CT molecular complexity index is 433. The highest BCUT2D eigenvalue weighted by Gasteiger charge is 2.22. The van der Waals surface area contributed by atoms with Gasteiger partial charge in [-0.2, -0.15) is 0 Å². The van der Waals surface area contributed by atoms with Crippen LogP contribution in [0.5, 0.6) is 0 Å². The van der Waals surface area contributed by atoms with Crippen molar-refractivity contribution in [3.05, 3.63) is 34.9 Å². The van der Waals surface area contributed by atoms with Crippen LogP contribution in [0.2, 0.25) is 5.02 Å². The van der Waals surface area contributed by atoms with Gasteiger partial charge in [0.2, 0.25) is 5.91 Å². The van der Waals surface area contributed by atoms with Gasteiger partial charge in [-0.25, -0.2) is 0 Å². The summed E-state index contributed by atoms with van der Waals surface area (Å²) in [5.74, 6) is -0.141. The second kappa shape index (κ2) is 7.59. The summed E-state index contributed by atoms with van der Waals surface area (Å²) >= 11 is 5.93. The zero-order chi connectivity index (χ0) is 14.4. The van der Waals surface area contributed by atoms with Gasteiger partial charge >= 0.3 is 0 Å². The Hall–Kier alpha value is -1.14. The number of nitrogens with zero attached hydrogens (tertiary/aromatic N) is 1. The van der Waals surface area contributed by atoms with Crippen LogP contribution in [0, 0.1) is 0 Å². The number of nitrogens with two attached hydrogens (primary N) is 1. The zero-order valence-corrected chi connectivity index (χ0v) is 12.1. The number of nitrogens with one attached hydrogen (secondary N) is 1. The Morgan fingerprint density at radius 2 is 2.00 bits per heavy atom. The number of ether oxygens (including phenoxy) is 1. The summed E-state index contributed by atoms with van der Waals surface area (Å²) in [5.41, 5.74) is 6.47. The van der Waals surface area contributed by atoms with Crippen molar-refractivity contribution in [2.24, 2.45) is 5.73 Å². The molecule has 6 heteroatoms. The van der Waals surface area contributed by atoms with E-state index in [0.29, 0.717) is 11.6 Å². The highest BCUT2D eigenvalue weighted by molar-refractivity contribution is 6.30. The lowest BCUT2D eigenvalue weighted by molar-refractivity contribution is -0.120. The van der Waals surface area contributed by atoms with Gasteiger partial charge in [-0.1, -0.05) is 23.7 Å². The fraction of sp³-hybridized carbons (Fsp3) is 0.500. The normalized spacial score (nSPS) is 17.7.